The summed E-state index contributed by atoms with van der Waals surface area (Å²) in [6.45, 7) is 2.33. The van der Waals surface area contributed by atoms with Gasteiger partial charge in [0.05, 0.1) is 12.7 Å². The number of ether oxygens (including phenoxy) is 1. The third kappa shape index (κ3) is 2.58. The maximum atomic E-state index is 11.2. The molecule has 3 rings (SSSR count). The number of aryl methyl sites for hydroxylation is 1. The largest absolute Gasteiger partial charge is 0.497 e. The Labute approximate surface area is 122 Å². The summed E-state index contributed by atoms with van der Waals surface area (Å²) in [5.41, 5.74) is 2.19. The van der Waals surface area contributed by atoms with Gasteiger partial charge in [-0.25, -0.2) is 0 Å². The molecular formula is C18H26O2. The molecule has 1 fully saturated rings. The third-order valence-corrected chi connectivity index (χ3v) is 5.51. The maximum absolute atomic E-state index is 11.2. The summed E-state index contributed by atoms with van der Waals surface area (Å²) in [4.78, 5) is 0. The minimum atomic E-state index is -0.487. The van der Waals surface area contributed by atoms with Crippen LogP contribution < -0.4 is 4.74 Å². The van der Waals surface area contributed by atoms with Crippen molar-refractivity contribution in [2.75, 3.05) is 7.11 Å². The van der Waals surface area contributed by atoms with Crippen LogP contribution in [-0.2, 0) is 12.8 Å². The Morgan fingerprint density at radius 1 is 1.15 bits per heavy atom. The summed E-state index contributed by atoms with van der Waals surface area (Å²) < 4.78 is 5.33. The lowest BCUT2D eigenvalue weighted by molar-refractivity contribution is -0.0479. The van der Waals surface area contributed by atoms with Crippen LogP contribution >= 0.6 is 0 Å². The smallest absolute Gasteiger partial charge is 0.119 e. The maximum Gasteiger partial charge on any atom is 0.119 e. The van der Waals surface area contributed by atoms with Crippen LogP contribution in [0, 0.1) is 11.8 Å². The highest BCUT2D eigenvalue weighted by Crippen LogP contribution is 2.42. The first-order valence-corrected chi connectivity index (χ1v) is 7.99. The number of hydrogen-bond acceptors (Lipinski definition) is 2. The number of methoxy groups -OCH3 is 1. The van der Waals surface area contributed by atoms with Gasteiger partial charge in [0.2, 0.25) is 0 Å². The number of fused-ring (bicyclic) bond motifs is 1. The molecule has 2 aliphatic carbocycles. The Hall–Kier alpha value is -1.02. The molecule has 0 spiro atoms. The molecule has 1 N–H and O–H groups in total. The zero-order valence-corrected chi connectivity index (χ0v) is 12.7. The van der Waals surface area contributed by atoms with Crippen molar-refractivity contribution in [2.45, 2.75) is 57.5 Å². The molecular weight excluding hydrogens is 248 g/mol. The van der Waals surface area contributed by atoms with Crippen LogP contribution in [0.25, 0.3) is 0 Å². The number of rotatable bonds is 2. The van der Waals surface area contributed by atoms with Crippen LogP contribution in [0.1, 0.15) is 50.2 Å². The van der Waals surface area contributed by atoms with Gasteiger partial charge in [0.25, 0.3) is 0 Å². The zero-order valence-electron chi connectivity index (χ0n) is 12.7. The molecule has 2 heteroatoms. The van der Waals surface area contributed by atoms with Crippen LogP contribution in [0.4, 0.5) is 0 Å². The van der Waals surface area contributed by atoms with Crippen LogP contribution in [0.3, 0.4) is 0 Å². The molecule has 0 amide bonds. The van der Waals surface area contributed by atoms with E-state index in [0.717, 1.165) is 30.9 Å². The van der Waals surface area contributed by atoms with Crippen LogP contribution in [0.5, 0.6) is 5.75 Å². The lowest BCUT2D eigenvalue weighted by Gasteiger charge is -2.43. The number of hydrogen-bond donors (Lipinski definition) is 1. The van der Waals surface area contributed by atoms with Gasteiger partial charge in [0.15, 0.2) is 0 Å². The van der Waals surface area contributed by atoms with Gasteiger partial charge in [-0.05, 0) is 60.8 Å². The summed E-state index contributed by atoms with van der Waals surface area (Å²) in [6, 6.07) is 6.31. The highest BCUT2D eigenvalue weighted by atomic mass is 16.5. The average Bonchev–Trinajstić information content (AvgIpc) is 2.47. The summed E-state index contributed by atoms with van der Waals surface area (Å²) in [7, 11) is 1.71. The lowest BCUT2D eigenvalue weighted by Crippen LogP contribution is -2.44. The molecule has 2 aliphatic rings. The molecule has 0 saturated heterocycles. The predicted molar refractivity (Wildman–Crippen MR) is 81.1 cm³/mol. The van der Waals surface area contributed by atoms with E-state index in [4.69, 9.17) is 4.74 Å². The molecule has 1 unspecified atom stereocenters. The molecule has 1 atom stereocenters. The molecule has 20 heavy (non-hydrogen) atoms. The summed E-state index contributed by atoms with van der Waals surface area (Å²) >= 11 is 0. The fourth-order valence-electron chi connectivity index (χ4n) is 4.05. The Morgan fingerprint density at radius 3 is 2.60 bits per heavy atom. The van der Waals surface area contributed by atoms with Crippen molar-refractivity contribution >= 4 is 0 Å². The molecule has 2 nitrogen and oxygen atoms in total. The van der Waals surface area contributed by atoms with Crippen LogP contribution in [0.15, 0.2) is 18.2 Å². The van der Waals surface area contributed by atoms with E-state index in [0.29, 0.717) is 5.92 Å². The van der Waals surface area contributed by atoms with Gasteiger partial charge in [-0.2, -0.15) is 0 Å². The molecule has 0 aromatic heterocycles. The number of benzene rings is 1. The Morgan fingerprint density at radius 2 is 1.90 bits per heavy atom. The van der Waals surface area contributed by atoms with Gasteiger partial charge in [0.1, 0.15) is 5.75 Å². The van der Waals surface area contributed by atoms with Crippen molar-refractivity contribution in [3.8, 4) is 5.75 Å². The van der Waals surface area contributed by atoms with Crippen molar-refractivity contribution in [2.24, 2.45) is 11.8 Å². The van der Waals surface area contributed by atoms with Crippen molar-refractivity contribution in [1.82, 2.24) is 0 Å². The Kier molecular flexibility index (Phi) is 3.76. The van der Waals surface area contributed by atoms with E-state index in [1.165, 1.54) is 36.8 Å². The van der Waals surface area contributed by atoms with Gasteiger partial charge in [0, 0.05) is 6.42 Å². The van der Waals surface area contributed by atoms with Gasteiger partial charge in [-0.15, -0.1) is 0 Å². The predicted octanol–water partition coefficient (Wildman–Crippen LogP) is 3.74. The first-order chi connectivity index (χ1) is 9.60. The highest BCUT2D eigenvalue weighted by Gasteiger charge is 2.40. The van der Waals surface area contributed by atoms with Gasteiger partial charge in [-0.1, -0.05) is 25.8 Å². The monoisotopic (exact) mass is 274 g/mol. The summed E-state index contributed by atoms with van der Waals surface area (Å²) in [5, 5.41) is 11.2. The quantitative estimate of drug-likeness (QED) is 0.890. The van der Waals surface area contributed by atoms with Gasteiger partial charge < -0.3 is 9.84 Å². The molecule has 0 radical (unpaired) electrons. The molecule has 1 aromatic rings. The zero-order chi connectivity index (χ0) is 14.2. The molecule has 110 valence electrons. The Balaban J connectivity index is 1.79. The SMILES string of the molecule is COc1ccc2c(c1)CC(O)(C1CCC(C)CC1)CC2. The highest BCUT2D eigenvalue weighted by molar-refractivity contribution is 5.38. The molecule has 0 heterocycles. The normalized spacial score (nSPS) is 33.5. The second-order valence-electron chi connectivity index (χ2n) is 6.87. The first kappa shape index (κ1) is 13.9. The van der Waals surface area contributed by atoms with Crippen molar-refractivity contribution in [3.63, 3.8) is 0 Å². The van der Waals surface area contributed by atoms with Crippen LogP contribution in [-0.4, -0.2) is 17.8 Å². The standard InChI is InChI=1S/C18H26O2/c1-13-3-6-16(7-4-13)18(19)10-9-14-5-8-17(20-2)11-15(14)12-18/h5,8,11,13,16,19H,3-4,6-7,9-10,12H2,1-2H3. The fraction of sp³-hybridized carbons (Fsp3) is 0.667. The fourth-order valence-corrected chi connectivity index (χ4v) is 4.05. The van der Waals surface area contributed by atoms with E-state index < -0.39 is 5.60 Å². The van der Waals surface area contributed by atoms with E-state index in [-0.39, 0.29) is 0 Å². The van der Waals surface area contributed by atoms with E-state index in [1.54, 1.807) is 7.11 Å². The van der Waals surface area contributed by atoms with Gasteiger partial charge >= 0.3 is 0 Å². The van der Waals surface area contributed by atoms with Gasteiger partial charge in [-0.3, -0.25) is 0 Å². The van der Waals surface area contributed by atoms with E-state index in [9.17, 15) is 5.11 Å². The van der Waals surface area contributed by atoms with E-state index in [1.807, 2.05) is 6.07 Å². The molecule has 1 aromatic carbocycles. The van der Waals surface area contributed by atoms with Crippen molar-refractivity contribution in [3.05, 3.63) is 29.3 Å². The summed E-state index contributed by atoms with van der Waals surface area (Å²) in [5.74, 6) is 2.23. The van der Waals surface area contributed by atoms with Crippen molar-refractivity contribution < 1.29 is 9.84 Å². The summed E-state index contributed by atoms with van der Waals surface area (Å²) in [6.07, 6.45) is 7.66. The molecule has 0 bridgehead atoms. The minimum Gasteiger partial charge on any atom is -0.497 e. The second-order valence-corrected chi connectivity index (χ2v) is 6.87. The molecule has 1 saturated carbocycles. The van der Waals surface area contributed by atoms with Crippen molar-refractivity contribution in [1.29, 1.82) is 0 Å². The Bertz CT molecular complexity index is 474. The van der Waals surface area contributed by atoms with Crippen LogP contribution in [0.2, 0.25) is 0 Å². The average molecular weight is 274 g/mol. The lowest BCUT2D eigenvalue weighted by atomic mass is 9.67. The minimum absolute atomic E-state index is 0.484. The second kappa shape index (κ2) is 5.40. The first-order valence-electron chi connectivity index (χ1n) is 7.99. The van der Waals surface area contributed by atoms with E-state index >= 15 is 0 Å². The third-order valence-electron chi connectivity index (χ3n) is 5.51. The topological polar surface area (TPSA) is 29.5 Å². The number of aliphatic hydroxyl groups is 1. The van der Waals surface area contributed by atoms with E-state index in [2.05, 4.69) is 19.1 Å². The molecule has 0 aliphatic heterocycles.